The second kappa shape index (κ2) is 6.16. The monoisotopic (exact) mass is 287 g/mol. The van der Waals surface area contributed by atoms with Crippen LogP contribution >= 0.6 is 0 Å². The standard InChI is InChI=1S/C17H25N3O/c1-13-10-19-9-3-4-17(19)12-20(13)11-15-5-7-16(8-6-15)18-14(2)21/h5-8,13,17H,3-4,9-12H2,1-2H3,(H,18,21)/t13-,17?/m0/s1. The maximum atomic E-state index is 11.0. The van der Waals surface area contributed by atoms with Crippen LogP contribution < -0.4 is 5.32 Å². The zero-order valence-electron chi connectivity index (χ0n) is 13.0. The van der Waals surface area contributed by atoms with Gasteiger partial charge in [-0.2, -0.15) is 0 Å². The van der Waals surface area contributed by atoms with Gasteiger partial charge >= 0.3 is 0 Å². The second-order valence-electron chi connectivity index (χ2n) is 6.45. The first-order chi connectivity index (χ1) is 10.1. The average Bonchev–Trinajstić information content (AvgIpc) is 2.88. The summed E-state index contributed by atoms with van der Waals surface area (Å²) in [5.74, 6) is -0.0197. The van der Waals surface area contributed by atoms with Crippen molar-refractivity contribution >= 4 is 11.6 Å². The van der Waals surface area contributed by atoms with Gasteiger partial charge in [0.1, 0.15) is 0 Å². The van der Waals surface area contributed by atoms with Gasteiger partial charge in [-0.15, -0.1) is 0 Å². The average molecular weight is 287 g/mol. The van der Waals surface area contributed by atoms with E-state index in [1.807, 2.05) is 12.1 Å². The van der Waals surface area contributed by atoms with Crippen molar-refractivity contribution in [2.75, 3.05) is 25.0 Å². The van der Waals surface area contributed by atoms with Gasteiger partial charge in [0.2, 0.25) is 5.91 Å². The van der Waals surface area contributed by atoms with Crippen LogP contribution in [-0.2, 0) is 11.3 Å². The van der Waals surface area contributed by atoms with Crippen molar-refractivity contribution in [3.05, 3.63) is 29.8 Å². The summed E-state index contributed by atoms with van der Waals surface area (Å²) in [5.41, 5.74) is 2.20. The van der Waals surface area contributed by atoms with Crippen LogP contribution in [0.1, 0.15) is 32.3 Å². The van der Waals surface area contributed by atoms with Gasteiger partial charge in [-0.25, -0.2) is 0 Å². The molecule has 2 heterocycles. The van der Waals surface area contributed by atoms with Crippen molar-refractivity contribution in [1.29, 1.82) is 0 Å². The molecule has 2 aliphatic rings. The Morgan fingerprint density at radius 1 is 1.29 bits per heavy atom. The maximum Gasteiger partial charge on any atom is 0.221 e. The number of rotatable bonds is 3. The Kier molecular flexibility index (Phi) is 4.27. The van der Waals surface area contributed by atoms with Crippen molar-refractivity contribution in [3.8, 4) is 0 Å². The molecule has 3 rings (SSSR count). The number of carbonyl (C=O) groups is 1. The van der Waals surface area contributed by atoms with Gasteiger partial charge in [0.25, 0.3) is 0 Å². The topological polar surface area (TPSA) is 35.6 Å². The Labute approximate surface area is 127 Å². The van der Waals surface area contributed by atoms with Crippen LogP contribution in [0.3, 0.4) is 0 Å². The molecule has 114 valence electrons. The lowest BCUT2D eigenvalue weighted by Crippen LogP contribution is -2.54. The number of nitrogens with one attached hydrogen (secondary N) is 1. The number of carbonyl (C=O) groups excluding carboxylic acids is 1. The first-order valence-corrected chi connectivity index (χ1v) is 7.96. The van der Waals surface area contributed by atoms with E-state index < -0.39 is 0 Å². The molecular formula is C17H25N3O. The highest BCUT2D eigenvalue weighted by Crippen LogP contribution is 2.25. The Morgan fingerprint density at radius 3 is 2.76 bits per heavy atom. The maximum absolute atomic E-state index is 11.0. The predicted molar refractivity (Wildman–Crippen MR) is 85.2 cm³/mol. The normalized spacial score (nSPS) is 26.6. The molecule has 0 aliphatic carbocycles. The molecule has 1 unspecified atom stereocenters. The van der Waals surface area contributed by atoms with E-state index in [0.29, 0.717) is 6.04 Å². The molecule has 2 atom stereocenters. The smallest absolute Gasteiger partial charge is 0.221 e. The van der Waals surface area contributed by atoms with Crippen LogP contribution in [0.25, 0.3) is 0 Å². The van der Waals surface area contributed by atoms with Crippen molar-refractivity contribution < 1.29 is 4.79 Å². The SMILES string of the molecule is CC(=O)Nc1ccc(CN2CC3CCCN3C[C@@H]2C)cc1. The number of amides is 1. The lowest BCUT2D eigenvalue weighted by molar-refractivity contribution is -0.114. The molecule has 1 amide bonds. The molecule has 1 N–H and O–H groups in total. The molecule has 4 heteroatoms. The van der Waals surface area contributed by atoms with Crippen molar-refractivity contribution in [1.82, 2.24) is 9.80 Å². The Balaban J connectivity index is 1.61. The van der Waals surface area contributed by atoms with E-state index in [9.17, 15) is 4.79 Å². The summed E-state index contributed by atoms with van der Waals surface area (Å²) in [6.45, 7) is 8.56. The zero-order valence-corrected chi connectivity index (χ0v) is 13.0. The van der Waals surface area contributed by atoms with Gasteiger partial charge in [-0.1, -0.05) is 12.1 Å². The zero-order chi connectivity index (χ0) is 14.8. The molecule has 2 aliphatic heterocycles. The third kappa shape index (κ3) is 3.44. The van der Waals surface area contributed by atoms with Gasteiger partial charge in [0, 0.05) is 44.3 Å². The molecule has 4 nitrogen and oxygen atoms in total. The lowest BCUT2D eigenvalue weighted by atomic mass is 10.1. The molecule has 1 aromatic rings. The van der Waals surface area contributed by atoms with Gasteiger partial charge in [-0.05, 0) is 44.0 Å². The third-order valence-electron chi connectivity index (χ3n) is 4.73. The minimum absolute atomic E-state index is 0.0197. The molecule has 2 saturated heterocycles. The molecule has 0 bridgehead atoms. The number of hydrogen-bond acceptors (Lipinski definition) is 3. The van der Waals surface area contributed by atoms with Crippen LogP contribution in [-0.4, -0.2) is 47.4 Å². The van der Waals surface area contributed by atoms with Crippen LogP contribution in [0.15, 0.2) is 24.3 Å². The number of piperazine rings is 1. The molecule has 0 saturated carbocycles. The summed E-state index contributed by atoms with van der Waals surface area (Å²) < 4.78 is 0. The Hall–Kier alpha value is -1.39. The molecular weight excluding hydrogens is 262 g/mol. The van der Waals surface area contributed by atoms with E-state index in [1.54, 1.807) is 0 Å². The van der Waals surface area contributed by atoms with Crippen LogP contribution in [0, 0.1) is 0 Å². The van der Waals surface area contributed by atoms with E-state index in [0.717, 1.165) is 18.3 Å². The van der Waals surface area contributed by atoms with Crippen LogP contribution in [0.5, 0.6) is 0 Å². The van der Waals surface area contributed by atoms with E-state index in [4.69, 9.17) is 0 Å². The number of anilines is 1. The number of nitrogens with zero attached hydrogens (tertiary/aromatic N) is 2. The quantitative estimate of drug-likeness (QED) is 0.926. The summed E-state index contributed by atoms with van der Waals surface area (Å²) in [6, 6.07) is 9.62. The summed E-state index contributed by atoms with van der Waals surface area (Å²) in [5, 5.41) is 2.82. The number of benzene rings is 1. The fraction of sp³-hybridized carbons (Fsp3) is 0.588. The highest BCUT2D eigenvalue weighted by atomic mass is 16.1. The molecule has 0 aromatic heterocycles. The highest BCUT2D eigenvalue weighted by Gasteiger charge is 2.34. The Morgan fingerprint density at radius 2 is 2.05 bits per heavy atom. The summed E-state index contributed by atoms with van der Waals surface area (Å²) in [6.07, 6.45) is 2.71. The molecule has 1 aromatic carbocycles. The number of fused-ring (bicyclic) bond motifs is 1. The van der Waals surface area contributed by atoms with Gasteiger partial charge < -0.3 is 5.32 Å². The van der Waals surface area contributed by atoms with E-state index in [1.165, 1.54) is 45.0 Å². The molecule has 0 spiro atoms. The summed E-state index contributed by atoms with van der Waals surface area (Å²) in [4.78, 5) is 16.3. The predicted octanol–water partition coefficient (Wildman–Crippen LogP) is 2.31. The van der Waals surface area contributed by atoms with Crippen LogP contribution in [0.2, 0.25) is 0 Å². The molecule has 2 fully saturated rings. The van der Waals surface area contributed by atoms with E-state index >= 15 is 0 Å². The fourth-order valence-corrected chi connectivity index (χ4v) is 3.60. The Bertz CT molecular complexity index is 499. The van der Waals surface area contributed by atoms with E-state index in [-0.39, 0.29) is 5.91 Å². The minimum atomic E-state index is -0.0197. The number of hydrogen-bond donors (Lipinski definition) is 1. The fourth-order valence-electron chi connectivity index (χ4n) is 3.60. The van der Waals surface area contributed by atoms with Crippen molar-refractivity contribution in [2.45, 2.75) is 45.3 Å². The minimum Gasteiger partial charge on any atom is -0.326 e. The summed E-state index contributed by atoms with van der Waals surface area (Å²) >= 11 is 0. The van der Waals surface area contributed by atoms with Gasteiger partial charge in [0.15, 0.2) is 0 Å². The first kappa shape index (κ1) is 14.5. The largest absolute Gasteiger partial charge is 0.326 e. The van der Waals surface area contributed by atoms with E-state index in [2.05, 4.69) is 34.2 Å². The van der Waals surface area contributed by atoms with Crippen molar-refractivity contribution in [2.24, 2.45) is 0 Å². The second-order valence-corrected chi connectivity index (χ2v) is 6.45. The third-order valence-corrected chi connectivity index (χ3v) is 4.73. The van der Waals surface area contributed by atoms with Crippen LogP contribution in [0.4, 0.5) is 5.69 Å². The first-order valence-electron chi connectivity index (χ1n) is 7.96. The lowest BCUT2D eigenvalue weighted by Gasteiger charge is -2.42. The van der Waals surface area contributed by atoms with Gasteiger partial charge in [0.05, 0.1) is 0 Å². The highest BCUT2D eigenvalue weighted by molar-refractivity contribution is 5.88. The van der Waals surface area contributed by atoms with Crippen molar-refractivity contribution in [3.63, 3.8) is 0 Å². The molecule has 0 radical (unpaired) electrons. The molecule has 21 heavy (non-hydrogen) atoms. The van der Waals surface area contributed by atoms with Gasteiger partial charge in [-0.3, -0.25) is 14.6 Å². The summed E-state index contributed by atoms with van der Waals surface area (Å²) in [7, 11) is 0.